The quantitative estimate of drug-likeness (QED) is 0.336. The van der Waals surface area contributed by atoms with Gasteiger partial charge >= 0.3 is 6.80 Å². The highest BCUT2D eigenvalue weighted by Crippen LogP contribution is 2.60. The van der Waals surface area contributed by atoms with Crippen molar-refractivity contribution in [3.8, 4) is 11.8 Å². The van der Waals surface area contributed by atoms with Crippen molar-refractivity contribution in [1.29, 1.82) is 5.26 Å². The van der Waals surface area contributed by atoms with Gasteiger partial charge in [0.05, 0.1) is 23.8 Å². The zero-order chi connectivity index (χ0) is 20.7. The van der Waals surface area contributed by atoms with Crippen molar-refractivity contribution >= 4 is 35.6 Å². The molecule has 0 saturated carbocycles. The van der Waals surface area contributed by atoms with E-state index in [0.717, 1.165) is 11.4 Å². The summed E-state index contributed by atoms with van der Waals surface area (Å²) in [6.07, 6.45) is 0. The summed E-state index contributed by atoms with van der Waals surface area (Å²) in [6.45, 7) is 2.41. The van der Waals surface area contributed by atoms with Crippen LogP contribution >= 0.6 is 29.8 Å². The van der Waals surface area contributed by atoms with Gasteiger partial charge in [0.1, 0.15) is 5.75 Å². The number of carbonyl (C=O) groups excluding carboxylic acids is 1. The summed E-state index contributed by atoms with van der Waals surface area (Å²) < 4.78 is 24.3. The van der Waals surface area contributed by atoms with Crippen molar-refractivity contribution in [3.63, 3.8) is 0 Å². The second-order valence-electron chi connectivity index (χ2n) is 6.30. The predicted molar refractivity (Wildman–Crippen MR) is 113 cm³/mol. The van der Waals surface area contributed by atoms with Gasteiger partial charge in [-0.2, -0.15) is 5.26 Å². The molecule has 2 rings (SSSR count). The largest absolute Gasteiger partial charge is 0.440 e. The summed E-state index contributed by atoms with van der Waals surface area (Å²) in [4.78, 5) is 13.0. The number of carbonyl (C=O) groups is 1. The maximum absolute atomic E-state index is 13.1. The van der Waals surface area contributed by atoms with Crippen LogP contribution < -0.4 is 4.52 Å². The average molecular weight is 438 g/mol. The van der Waals surface area contributed by atoms with Crippen molar-refractivity contribution < 1.29 is 18.4 Å². The van der Waals surface area contributed by atoms with Crippen LogP contribution in [0.2, 0.25) is 5.02 Å². The smallest absolute Gasteiger partial charge is 0.416 e. The molecule has 0 amide bonds. The summed E-state index contributed by atoms with van der Waals surface area (Å²) in [7, 11) is 0. The van der Waals surface area contributed by atoms with Crippen LogP contribution in [0, 0.1) is 17.2 Å². The summed E-state index contributed by atoms with van der Waals surface area (Å²) in [6, 6.07) is 12.8. The van der Waals surface area contributed by atoms with E-state index >= 15 is 0 Å². The number of nitriles is 1. The van der Waals surface area contributed by atoms with Crippen molar-refractivity contribution in [3.05, 3.63) is 64.2 Å². The topological polar surface area (TPSA) is 76.4 Å². The number of rotatable bonds is 9. The van der Waals surface area contributed by atoms with E-state index in [0.29, 0.717) is 27.8 Å². The summed E-state index contributed by atoms with van der Waals surface area (Å²) in [5.41, 5.74) is 0.822. The molecule has 2 aromatic carbocycles. The fourth-order valence-electron chi connectivity index (χ4n) is 2.22. The second-order valence-corrected chi connectivity index (χ2v) is 10.8. The Bertz CT molecular complexity index is 925. The van der Waals surface area contributed by atoms with Crippen LogP contribution in [0.3, 0.4) is 0 Å². The number of hydrogen-bond donors (Lipinski definition) is 0. The van der Waals surface area contributed by atoms with E-state index in [9.17, 15) is 14.6 Å². The third-order valence-electron chi connectivity index (χ3n) is 3.52. The monoisotopic (exact) mass is 437 g/mol. The predicted octanol–water partition coefficient (Wildman–Crippen LogP) is 6.36. The lowest BCUT2D eigenvalue weighted by atomic mass is 10.0. The maximum Gasteiger partial charge on any atom is 0.440 e. The van der Waals surface area contributed by atoms with Crippen molar-refractivity contribution in [2.45, 2.75) is 20.8 Å². The van der Waals surface area contributed by atoms with Gasteiger partial charge in [0.2, 0.25) is 0 Å². The minimum absolute atomic E-state index is 0.118. The van der Waals surface area contributed by atoms with Crippen LogP contribution in [0.5, 0.6) is 5.75 Å². The van der Waals surface area contributed by atoms with Crippen molar-refractivity contribution in [1.82, 2.24) is 0 Å². The fraction of sp³-hybridized carbons (Fsp3) is 0.300. The van der Waals surface area contributed by atoms with Gasteiger partial charge in [-0.25, -0.2) is 4.57 Å². The van der Waals surface area contributed by atoms with E-state index < -0.39 is 6.80 Å². The van der Waals surface area contributed by atoms with E-state index in [2.05, 4.69) is 0 Å². The number of hydrogen-bond acceptors (Lipinski definition) is 6. The molecule has 0 aromatic heterocycles. The number of halogens is 1. The Balaban J connectivity index is 2.43. The lowest BCUT2D eigenvalue weighted by Crippen LogP contribution is -2.06. The molecule has 0 saturated heterocycles. The van der Waals surface area contributed by atoms with Gasteiger partial charge in [-0.3, -0.25) is 9.32 Å². The van der Waals surface area contributed by atoms with Crippen molar-refractivity contribution in [2.75, 3.05) is 12.4 Å². The Morgan fingerprint density at radius 2 is 1.93 bits per heavy atom. The van der Waals surface area contributed by atoms with Gasteiger partial charge in [0, 0.05) is 16.3 Å². The minimum atomic E-state index is -3.52. The minimum Gasteiger partial charge on any atom is -0.416 e. The Labute approximate surface area is 174 Å². The first-order valence-electron chi connectivity index (χ1n) is 8.71. The van der Waals surface area contributed by atoms with Gasteiger partial charge in [0.25, 0.3) is 0 Å². The van der Waals surface area contributed by atoms with E-state index in [4.69, 9.17) is 20.6 Å². The lowest BCUT2D eigenvalue weighted by Gasteiger charge is -2.20. The normalized spacial score (nSPS) is 13.0. The number of nitrogens with zero attached hydrogens (tertiary/aromatic N) is 1. The molecule has 0 aliphatic rings. The molecule has 0 aliphatic heterocycles. The summed E-state index contributed by atoms with van der Waals surface area (Å²) in [5.74, 6) is 0.625. The molecule has 1 unspecified atom stereocenters. The fourth-order valence-corrected chi connectivity index (χ4v) is 6.11. The van der Waals surface area contributed by atoms with Gasteiger partial charge in [0.15, 0.2) is 5.78 Å². The van der Waals surface area contributed by atoms with Crippen LogP contribution in [0.4, 0.5) is 0 Å². The molecule has 148 valence electrons. The van der Waals surface area contributed by atoms with Crippen LogP contribution in [-0.4, -0.2) is 18.1 Å². The van der Waals surface area contributed by atoms with Gasteiger partial charge in [-0.05, 0) is 66.7 Å². The summed E-state index contributed by atoms with van der Waals surface area (Å²) >= 11 is 6.99. The van der Waals surface area contributed by atoms with Gasteiger partial charge in [-0.15, -0.1) is 0 Å². The third-order valence-corrected chi connectivity index (χ3v) is 7.84. The van der Waals surface area contributed by atoms with E-state index in [1.807, 2.05) is 19.9 Å². The second kappa shape index (κ2) is 10.1. The number of benzene rings is 2. The Morgan fingerprint density at radius 1 is 1.25 bits per heavy atom. The zero-order valence-corrected chi connectivity index (χ0v) is 18.3. The van der Waals surface area contributed by atoms with Crippen LogP contribution in [0.15, 0.2) is 42.5 Å². The highest BCUT2D eigenvalue weighted by atomic mass is 35.5. The molecule has 2 aromatic rings. The highest BCUT2D eigenvalue weighted by Gasteiger charge is 2.29. The SMILES string of the molecule is CCOP(=O)(Oc1ccc(C#N)cc1C(=O)c1ccc(Cl)cc1)SCC(C)C. The maximum atomic E-state index is 13.1. The van der Waals surface area contributed by atoms with Crippen LogP contribution in [0.1, 0.15) is 42.3 Å². The molecule has 1 atom stereocenters. The van der Waals surface area contributed by atoms with Crippen LogP contribution in [-0.2, 0) is 9.09 Å². The third kappa shape index (κ3) is 6.12. The molecular formula is C20H21ClNO4PS. The van der Waals surface area contributed by atoms with E-state index in [-0.39, 0.29) is 23.7 Å². The molecule has 8 heteroatoms. The molecule has 5 nitrogen and oxygen atoms in total. The first kappa shape index (κ1) is 22.5. The molecule has 0 spiro atoms. The van der Waals surface area contributed by atoms with Gasteiger partial charge < -0.3 is 4.52 Å². The average Bonchev–Trinajstić information content (AvgIpc) is 2.67. The highest BCUT2D eigenvalue weighted by molar-refractivity contribution is 8.55. The molecule has 28 heavy (non-hydrogen) atoms. The molecule has 0 heterocycles. The van der Waals surface area contributed by atoms with E-state index in [1.54, 1.807) is 31.2 Å². The molecule has 0 radical (unpaired) electrons. The molecule has 0 fully saturated rings. The number of ketones is 1. The Morgan fingerprint density at radius 3 is 2.50 bits per heavy atom. The molecule has 0 N–H and O–H groups in total. The first-order valence-corrected chi connectivity index (χ1v) is 12.2. The van der Waals surface area contributed by atoms with E-state index in [1.165, 1.54) is 18.2 Å². The lowest BCUT2D eigenvalue weighted by molar-refractivity contribution is 0.103. The Hall–Kier alpha value is -1.77. The standard InChI is InChI=1S/C20H21ClNO4PS/c1-4-25-27(24,28-13-14(2)3)26-19-10-5-15(12-22)11-18(19)20(23)16-6-8-17(21)9-7-16/h5-11,14H,4,13H2,1-3H3. The molecule has 0 bridgehead atoms. The molecule has 0 aliphatic carbocycles. The van der Waals surface area contributed by atoms with Crippen molar-refractivity contribution in [2.24, 2.45) is 5.92 Å². The molecular weight excluding hydrogens is 417 g/mol. The summed E-state index contributed by atoms with van der Waals surface area (Å²) in [5, 5.41) is 9.70. The van der Waals surface area contributed by atoms with Crippen LogP contribution in [0.25, 0.3) is 0 Å². The zero-order valence-electron chi connectivity index (χ0n) is 15.8. The van der Waals surface area contributed by atoms with Gasteiger partial charge in [-0.1, -0.05) is 25.4 Å². The Kier molecular flexibility index (Phi) is 8.15. The first-order chi connectivity index (χ1) is 13.3.